The van der Waals surface area contributed by atoms with Gasteiger partial charge in [0.2, 0.25) is 0 Å². The first-order valence-corrected chi connectivity index (χ1v) is 7.31. The van der Waals surface area contributed by atoms with E-state index in [1.807, 2.05) is 19.9 Å². The molecule has 1 aliphatic rings. The number of hydrogen-bond donors (Lipinski definition) is 1. The van der Waals surface area contributed by atoms with Crippen molar-refractivity contribution in [3.8, 4) is 0 Å². The Balaban J connectivity index is 2.24. The van der Waals surface area contributed by atoms with E-state index in [1.54, 1.807) is 6.07 Å². The Hall–Kier alpha value is -1.58. The van der Waals surface area contributed by atoms with Gasteiger partial charge in [-0.2, -0.15) is 0 Å². The average Bonchev–Trinajstić information content (AvgIpc) is 2.32. The van der Waals surface area contributed by atoms with Crippen molar-refractivity contribution in [3.05, 3.63) is 33.4 Å². The van der Waals surface area contributed by atoms with Gasteiger partial charge in [-0.05, 0) is 55.7 Å². The molecule has 0 heterocycles. The van der Waals surface area contributed by atoms with Crippen LogP contribution in [0.2, 0.25) is 0 Å². The summed E-state index contributed by atoms with van der Waals surface area (Å²) in [7, 11) is 0. The first-order valence-electron chi connectivity index (χ1n) is 7.31. The molecule has 0 saturated heterocycles. The van der Waals surface area contributed by atoms with Gasteiger partial charge >= 0.3 is 0 Å². The van der Waals surface area contributed by atoms with Crippen LogP contribution in [0.4, 0.5) is 11.4 Å². The van der Waals surface area contributed by atoms with E-state index in [2.05, 4.69) is 19.2 Å². The number of anilines is 1. The van der Waals surface area contributed by atoms with Crippen molar-refractivity contribution < 1.29 is 4.92 Å². The molecular weight excluding hydrogens is 252 g/mol. The lowest BCUT2D eigenvalue weighted by Crippen LogP contribution is -2.32. The molecular formula is C16H24N2O2. The Labute approximate surface area is 120 Å². The van der Waals surface area contributed by atoms with E-state index in [4.69, 9.17) is 0 Å². The summed E-state index contributed by atoms with van der Waals surface area (Å²) in [4.78, 5) is 10.9. The van der Waals surface area contributed by atoms with Crippen molar-refractivity contribution >= 4 is 11.4 Å². The lowest BCUT2D eigenvalue weighted by molar-refractivity contribution is -0.384. The van der Waals surface area contributed by atoms with E-state index < -0.39 is 0 Å². The molecule has 1 aliphatic carbocycles. The van der Waals surface area contributed by atoms with E-state index in [0.29, 0.717) is 17.1 Å². The third kappa shape index (κ3) is 3.30. The molecule has 1 N–H and O–H groups in total. The summed E-state index contributed by atoms with van der Waals surface area (Å²) in [5, 5.41) is 14.6. The Kier molecular flexibility index (Phi) is 4.02. The van der Waals surface area contributed by atoms with Crippen LogP contribution in [0.15, 0.2) is 12.1 Å². The fourth-order valence-electron chi connectivity index (χ4n) is 3.11. The summed E-state index contributed by atoms with van der Waals surface area (Å²) < 4.78 is 0. The maximum absolute atomic E-state index is 11.2. The Morgan fingerprint density at radius 2 is 1.95 bits per heavy atom. The van der Waals surface area contributed by atoms with Gasteiger partial charge in [-0.1, -0.05) is 20.3 Å². The molecule has 1 fully saturated rings. The molecule has 2 rings (SSSR count). The van der Waals surface area contributed by atoms with E-state index in [9.17, 15) is 10.1 Å². The number of nitro benzene ring substituents is 1. The van der Waals surface area contributed by atoms with Crippen LogP contribution < -0.4 is 5.32 Å². The minimum absolute atomic E-state index is 0.191. The second-order valence-corrected chi connectivity index (χ2v) is 6.81. The van der Waals surface area contributed by atoms with Gasteiger partial charge in [0.1, 0.15) is 5.69 Å². The van der Waals surface area contributed by atoms with Crippen molar-refractivity contribution in [2.45, 2.75) is 59.4 Å². The van der Waals surface area contributed by atoms with Gasteiger partial charge in [-0.3, -0.25) is 10.1 Å². The molecule has 0 aliphatic heterocycles. The summed E-state index contributed by atoms with van der Waals surface area (Å²) >= 11 is 0. The monoisotopic (exact) mass is 276 g/mol. The van der Waals surface area contributed by atoms with Crippen LogP contribution >= 0.6 is 0 Å². The third-order valence-corrected chi connectivity index (χ3v) is 4.37. The van der Waals surface area contributed by atoms with Crippen molar-refractivity contribution in [1.82, 2.24) is 0 Å². The van der Waals surface area contributed by atoms with Crippen molar-refractivity contribution in [1.29, 1.82) is 0 Å². The second-order valence-electron chi connectivity index (χ2n) is 6.81. The number of nitrogens with zero attached hydrogens (tertiary/aromatic N) is 1. The molecule has 1 aromatic rings. The number of nitro groups is 1. The highest BCUT2D eigenvalue weighted by atomic mass is 16.6. The van der Waals surface area contributed by atoms with Gasteiger partial charge < -0.3 is 5.32 Å². The van der Waals surface area contributed by atoms with Crippen LogP contribution in [0.1, 0.15) is 50.7 Å². The molecule has 0 radical (unpaired) electrons. The first kappa shape index (κ1) is 14.8. The van der Waals surface area contributed by atoms with Crippen LogP contribution in [0.25, 0.3) is 0 Å². The smallest absolute Gasteiger partial charge is 0.292 e. The molecule has 0 spiro atoms. The van der Waals surface area contributed by atoms with Crippen LogP contribution in [-0.4, -0.2) is 11.0 Å². The zero-order chi connectivity index (χ0) is 14.9. The fourth-order valence-corrected chi connectivity index (χ4v) is 3.11. The SMILES string of the molecule is Cc1cc(NC2CCCC(C)(C)C2)c([N+](=O)[O-])cc1C. The van der Waals surface area contributed by atoms with E-state index in [0.717, 1.165) is 24.0 Å². The summed E-state index contributed by atoms with van der Waals surface area (Å²) in [5.41, 5.74) is 3.24. The highest BCUT2D eigenvalue weighted by Gasteiger charge is 2.29. The minimum atomic E-state index is -0.289. The van der Waals surface area contributed by atoms with Crippen LogP contribution in [0, 0.1) is 29.4 Å². The maximum Gasteiger partial charge on any atom is 0.292 e. The maximum atomic E-state index is 11.2. The summed E-state index contributed by atoms with van der Waals surface area (Å²) in [5.74, 6) is 0. The predicted molar refractivity (Wildman–Crippen MR) is 82.2 cm³/mol. The Morgan fingerprint density at radius 3 is 2.55 bits per heavy atom. The molecule has 1 atom stereocenters. The van der Waals surface area contributed by atoms with Crippen LogP contribution in [-0.2, 0) is 0 Å². The molecule has 0 amide bonds. The van der Waals surface area contributed by atoms with Gasteiger partial charge in [-0.15, -0.1) is 0 Å². The van der Waals surface area contributed by atoms with Gasteiger partial charge in [-0.25, -0.2) is 0 Å². The van der Waals surface area contributed by atoms with Gasteiger partial charge in [0.15, 0.2) is 0 Å². The topological polar surface area (TPSA) is 55.2 Å². The highest BCUT2D eigenvalue weighted by Crippen LogP contribution is 2.38. The first-order chi connectivity index (χ1) is 9.28. The number of nitrogens with one attached hydrogen (secondary N) is 1. The fraction of sp³-hybridized carbons (Fsp3) is 0.625. The molecule has 110 valence electrons. The Bertz CT molecular complexity index is 523. The van der Waals surface area contributed by atoms with Crippen LogP contribution in [0.5, 0.6) is 0 Å². The summed E-state index contributed by atoms with van der Waals surface area (Å²) in [6, 6.07) is 3.92. The number of rotatable bonds is 3. The summed E-state index contributed by atoms with van der Waals surface area (Å²) in [6.45, 7) is 8.45. The highest BCUT2D eigenvalue weighted by molar-refractivity contribution is 5.65. The molecule has 1 unspecified atom stereocenters. The molecule has 4 nitrogen and oxygen atoms in total. The molecule has 1 saturated carbocycles. The zero-order valence-electron chi connectivity index (χ0n) is 12.8. The van der Waals surface area contributed by atoms with Crippen molar-refractivity contribution in [3.63, 3.8) is 0 Å². The van der Waals surface area contributed by atoms with Crippen molar-refractivity contribution in [2.24, 2.45) is 5.41 Å². The lowest BCUT2D eigenvalue weighted by atomic mass is 9.75. The van der Waals surface area contributed by atoms with Crippen molar-refractivity contribution in [2.75, 3.05) is 5.32 Å². The standard InChI is InChI=1S/C16H24N2O2/c1-11-8-14(15(18(19)20)9-12(11)2)17-13-6-5-7-16(3,4)10-13/h8-9,13,17H,5-7,10H2,1-4H3. The molecule has 0 bridgehead atoms. The van der Waals surface area contributed by atoms with Crippen LogP contribution in [0.3, 0.4) is 0 Å². The lowest BCUT2D eigenvalue weighted by Gasteiger charge is -2.36. The zero-order valence-corrected chi connectivity index (χ0v) is 12.8. The van der Waals surface area contributed by atoms with Gasteiger partial charge in [0, 0.05) is 12.1 Å². The normalized spacial score (nSPS) is 21.5. The molecule has 1 aromatic carbocycles. The second kappa shape index (κ2) is 5.43. The van der Waals surface area contributed by atoms with Gasteiger partial charge in [0.25, 0.3) is 5.69 Å². The van der Waals surface area contributed by atoms with Gasteiger partial charge in [0.05, 0.1) is 4.92 Å². The number of hydrogen-bond acceptors (Lipinski definition) is 3. The number of aryl methyl sites for hydroxylation is 2. The molecule has 4 heteroatoms. The van der Waals surface area contributed by atoms with E-state index in [1.165, 1.54) is 12.8 Å². The largest absolute Gasteiger partial charge is 0.377 e. The third-order valence-electron chi connectivity index (χ3n) is 4.37. The molecule has 20 heavy (non-hydrogen) atoms. The Morgan fingerprint density at radius 1 is 1.30 bits per heavy atom. The molecule has 0 aromatic heterocycles. The van der Waals surface area contributed by atoms with E-state index in [-0.39, 0.29) is 10.6 Å². The minimum Gasteiger partial charge on any atom is -0.377 e. The quantitative estimate of drug-likeness (QED) is 0.648. The van der Waals surface area contributed by atoms with E-state index >= 15 is 0 Å². The average molecular weight is 276 g/mol. The number of benzene rings is 1. The summed E-state index contributed by atoms with van der Waals surface area (Å²) in [6.07, 6.45) is 4.58. The predicted octanol–water partition coefficient (Wildman–Crippen LogP) is 4.59.